The number of imide groups is 1. The predicted molar refractivity (Wildman–Crippen MR) is 98.2 cm³/mol. The van der Waals surface area contributed by atoms with Crippen molar-refractivity contribution >= 4 is 17.7 Å². The van der Waals surface area contributed by atoms with Crippen LogP contribution < -0.4 is 0 Å². The number of amides is 3. The quantitative estimate of drug-likeness (QED) is 0.840. The van der Waals surface area contributed by atoms with E-state index in [1.54, 1.807) is 29.2 Å². The summed E-state index contributed by atoms with van der Waals surface area (Å²) in [4.78, 5) is 40.6. The zero-order valence-electron chi connectivity index (χ0n) is 15.5. The molecule has 2 aliphatic rings. The van der Waals surface area contributed by atoms with Crippen LogP contribution in [0.15, 0.2) is 24.3 Å². The van der Waals surface area contributed by atoms with Crippen molar-refractivity contribution in [3.05, 3.63) is 52.3 Å². The maximum atomic E-state index is 12.8. The minimum atomic E-state index is -0.398. The van der Waals surface area contributed by atoms with Crippen LogP contribution in [0.25, 0.3) is 0 Å². The topological polar surface area (TPSA) is 86.4 Å². The van der Waals surface area contributed by atoms with Crippen LogP contribution in [0.4, 0.5) is 0 Å². The molecule has 7 heteroatoms. The molecule has 3 amide bonds. The number of hydrogen-bond donors (Lipinski definition) is 1. The molecule has 0 radical (unpaired) electrons. The number of benzene rings is 1. The van der Waals surface area contributed by atoms with Gasteiger partial charge in [0.15, 0.2) is 0 Å². The molecular formula is C20H22N4O3. The van der Waals surface area contributed by atoms with Gasteiger partial charge in [0.2, 0.25) is 5.91 Å². The Morgan fingerprint density at radius 1 is 1.22 bits per heavy atom. The summed E-state index contributed by atoms with van der Waals surface area (Å²) in [5.74, 6) is -0.696. The second-order valence-electron chi connectivity index (χ2n) is 7.18. The van der Waals surface area contributed by atoms with E-state index in [1.165, 1.54) is 0 Å². The third-order valence-electron chi connectivity index (χ3n) is 5.57. The molecular weight excluding hydrogens is 344 g/mol. The summed E-state index contributed by atoms with van der Waals surface area (Å²) in [7, 11) is 0. The summed E-state index contributed by atoms with van der Waals surface area (Å²) in [5.41, 5.74) is 3.89. The molecule has 0 saturated carbocycles. The highest BCUT2D eigenvalue weighted by molar-refractivity contribution is 6.22. The Morgan fingerprint density at radius 3 is 2.52 bits per heavy atom. The fraction of sp³-hybridized carbons (Fsp3) is 0.400. The number of carbonyl (C=O) groups excluding carboxylic acids is 3. The fourth-order valence-corrected chi connectivity index (χ4v) is 3.75. The van der Waals surface area contributed by atoms with Gasteiger partial charge >= 0.3 is 0 Å². The maximum Gasteiger partial charge on any atom is 0.262 e. The first-order valence-electron chi connectivity index (χ1n) is 9.30. The SMILES string of the molecule is CC[C@H](C)c1n[nH]c2c1CN(C(=O)CN1C(=O)c3ccccc3C1=O)CC2. The van der Waals surface area contributed by atoms with Crippen molar-refractivity contribution in [1.29, 1.82) is 0 Å². The molecule has 1 aromatic carbocycles. The average Bonchev–Trinajstić information content (AvgIpc) is 3.22. The van der Waals surface area contributed by atoms with E-state index in [0.717, 1.165) is 28.3 Å². The first-order valence-corrected chi connectivity index (χ1v) is 9.30. The summed E-state index contributed by atoms with van der Waals surface area (Å²) in [5, 5.41) is 7.53. The van der Waals surface area contributed by atoms with E-state index in [4.69, 9.17) is 0 Å². The van der Waals surface area contributed by atoms with Crippen LogP contribution in [-0.2, 0) is 17.8 Å². The van der Waals surface area contributed by atoms with Gasteiger partial charge < -0.3 is 4.90 Å². The lowest BCUT2D eigenvalue weighted by atomic mass is 9.96. The first kappa shape index (κ1) is 17.5. The molecule has 0 bridgehead atoms. The highest BCUT2D eigenvalue weighted by Crippen LogP contribution is 2.28. The minimum absolute atomic E-state index is 0.216. The number of fused-ring (bicyclic) bond motifs is 2. The number of carbonyl (C=O) groups is 3. The molecule has 27 heavy (non-hydrogen) atoms. The third-order valence-corrected chi connectivity index (χ3v) is 5.57. The standard InChI is InChI=1S/C20H22N4O3/c1-3-12(2)18-15-10-23(9-8-16(15)21-22-18)17(25)11-24-19(26)13-6-4-5-7-14(13)20(24)27/h4-7,12H,3,8-11H2,1-2H3,(H,21,22)/t12-/m0/s1. The van der Waals surface area contributed by atoms with Crippen LogP contribution in [0.1, 0.15) is 63.9 Å². The van der Waals surface area contributed by atoms with Gasteiger partial charge in [-0.15, -0.1) is 0 Å². The van der Waals surface area contributed by atoms with Gasteiger partial charge in [-0.3, -0.25) is 24.4 Å². The van der Waals surface area contributed by atoms with Crippen LogP contribution in [0, 0.1) is 0 Å². The first-order chi connectivity index (χ1) is 13.0. The van der Waals surface area contributed by atoms with Crippen LogP contribution in [0.5, 0.6) is 0 Å². The van der Waals surface area contributed by atoms with E-state index in [0.29, 0.717) is 36.6 Å². The Morgan fingerprint density at radius 2 is 1.89 bits per heavy atom. The zero-order valence-corrected chi connectivity index (χ0v) is 15.5. The fourth-order valence-electron chi connectivity index (χ4n) is 3.75. The predicted octanol–water partition coefficient (Wildman–Crippen LogP) is 2.10. The van der Waals surface area contributed by atoms with Crippen molar-refractivity contribution < 1.29 is 14.4 Å². The molecule has 0 fully saturated rings. The average molecular weight is 366 g/mol. The Labute approximate surface area is 157 Å². The summed E-state index contributed by atoms with van der Waals surface area (Å²) >= 11 is 0. The molecule has 1 atom stereocenters. The lowest BCUT2D eigenvalue weighted by Gasteiger charge is -2.29. The van der Waals surface area contributed by atoms with E-state index < -0.39 is 11.8 Å². The van der Waals surface area contributed by atoms with Gasteiger partial charge in [-0.25, -0.2) is 0 Å². The zero-order chi connectivity index (χ0) is 19.1. The maximum absolute atomic E-state index is 12.8. The van der Waals surface area contributed by atoms with Gasteiger partial charge in [0.05, 0.1) is 16.8 Å². The number of hydrogen-bond acceptors (Lipinski definition) is 4. The van der Waals surface area contributed by atoms with E-state index in [2.05, 4.69) is 24.0 Å². The normalized spacial score (nSPS) is 17.1. The highest BCUT2D eigenvalue weighted by atomic mass is 16.2. The highest BCUT2D eigenvalue weighted by Gasteiger charge is 2.37. The Bertz CT molecular complexity index is 898. The van der Waals surface area contributed by atoms with Gasteiger partial charge in [0.1, 0.15) is 6.54 Å². The van der Waals surface area contributed by atoms with E-state index in [9.17, 15) is 14.4 Å². The van der Waals surface area contributed by atoms with Crippen molar-refractivity contribution in [3.8, 4) is 0 Å². The molecule has 1 N–H and O–H groups in total. The number of nitrogens with one attached hydrogen (secondary N) is 1. The number of nitrogens with zero attached hydrogens (tertiary/aromatic N) is 3. The number of rotatable bonds is 4. The van der Waals surface area contributed by atoms with Crippen LogP contribution >= 0.6 is 0 Å². The molecule has 1 aromatic heterocycles. The van der Waals surface area contributed by atoms with Gasteiger partial charge in [-0.2, -0.15) is 5.10 Å². The molecule has 0 saturated heterocycles. The lowest BCUT2D eigenvalue weighted by Crippen LogP contribution is -2.44. The molecule has 140 valence electrons. The summed E-state index contributed by atoms with van der Waals surface area (Å²) < 4.78 is 0. The van der Waals surface area contributed by atoms with Crippen molar-refractivity contribution in [2.45, 2.75) is 39.2 Å². The molecule has 7 nitrogen and oxygen atoms in total. The van der Waals surface area contributed by atoms with E-state index >= 15 is 0 Å². The van der Waals surface area contributed by atoms with Crippen LogP contribution in [0.2, 0.25) is 0 Å². The summed E-state index contributed by atoms with van der Waals surface area (Å²) in [6.07, 6.45) is 1.67. The van der Waals surface area contributed by atoms with Crippen molar-refractivity contribution in [2.24, 2.45) is 0 Å². The minimum Gasteiger partial charge on any atom is -0.336 e. The van der Waals surface area contributed by atoms with Crippen LogP contribution in [0.3, 0.4) is 0 Å². The molecule has 2 aliphatic heterocycles. The van der Waals surface area contributed by atoms with Crippen LogP contribution in [-0.4, -0.2) is 50.8 Å². The smallest absolute Gasteiger partial charge is 0.262 e. The summed E-state index contributed by atoms with van der Waals surface area (Å²) in [6.45, 7) is 5.03. The molecule has 0 unspecified atom stereocenters. The monoisotopic (exact) mass is 366 g/mol. The van der Waals surface area contributed by atoms with Crippen molar-refractivity contribution in [2.75, 3.05) is 13.1 Å². The molecule has 4 rings (SSSR count). The Balaban J connectivity index is 1.50. The molecule has 0 spiro atoms. The van der Waals surface area contributed by atoms with E-state index in [-0.39, 0.29) is 12.5 Å². The second kappa shape index (κ2) is 6.64. The Kier molecular flexibility index (Phi) is 4.30. The van der Waals surface area contributed by atoms with Gasteiger partial charge in [0.25, 0.3) is 11.8 Å². The lowest BCUT2D eigenvalue weighted by molar-refractivity contribution is -0.132. The van der Waals surface area contributed by atoms with Gasteiger partial charge in [-0.1, -0.05) is 26.0 Å². The van der Waals surface area contributed by atoms with E-state index in [1.807, 2.05) is 0 Å². The van der Waals surface area contributed by atoms with Crippen molar-refractivity contribution in [1.82, 2.24) is 20.0 Å². The number of H-pyrrole nitrogens is 1. The number of aromatic amines is 1. The number of aromatic nitrogens is 2. The Hall–Kier alpha value is -2.96. The third kappa shape index (κ3) is 2.83. The van der Waals surface area contributed by atoms with Gasteiger partial charge in [-0.05, 0) is 18.6 Å². The molecule has 3 heterocycles. The molecule has 2 aromatic rings. The largest absolute Gasteiger partial charge is 0.336 e. The van der Waals surface area contributed by atoms with Crippen molar-refractivity contribution in [3.63, 3.8) is 0 Å². The van der Waals surface area contributed by atoms with Gasteiger partial charge in [0, 0.05) is 36.7 Å². The second-order valence-corrected chi connectivity index (χ2v) is 7.18. The molecule has 0 aliphatic carbocycles. The summed E-state index contributed by atoms with van der Waals surface area (Å²) in [6, 6.07) is 6.68.